The van der Waals surface area contributed by atoms with Crippen molar-refractivity contribution >= 4 is 11.6 Å². The molecule has 1 aromatic carbocycles. The molecular formula is C13H19NO2. The molecule has 0 aromatic heterocycles. The first kappa shape index (κ1) is 12.7. The molecule has 88 valence electrons. The largest absolute Gasteiger partial charge is 0.396 e. The van der Waals surface area contributed by atoms with Crippen molar-refractivity contribution in [2.45, 2.75) is 33.1 Å². The van der Waals surface area contributed by atoms with Gasteiger partial charge in [-0.05, 0) is 49.9 Å². The van der Waals surface area contributed by atoms with Crippen LogP contribution in [0.3, 0.4) is 0 Å². The van der Waals surface area contributed by atoms with E-state index < -0.39 is 0 Å². The number of aliphatic hydroxyl groups excluding tert-OH is 1. The first-order valence-corrected chi connectivity index (χ1v) is 5.61. The lowest BCUT2D eigenvalue weighted by molar-refractivity contribution is -0.116. The zero-order valence-corrected chi connectivity index (χ0v) is 9.92. The second-order valence-electron chi connectivity index (χ2n) is 4.11. The molecule has 0 unspecified atom stereocenters. The monoisotopic (exact) mass is 221 g/mol. The van der Waals surface area contributed by atoms with Crippen molar-refractivity contribution in [2.75, 3.05) is 11.9 Å². The van der Waals surface area contributed by atoms with Crippen molar-refractivity contribution < 1.29 is 9.90 Å². The fraction of sp³-hybridized carbons (Fsp3) is 0.462. The van der Waals surface area contributed by atoms with Gasteiger partial charge in [-0.3, -0.25) is 4.79 Å². The van der Waals surface area contributed by atoms with Crippen molar-refractivity contribution in [3.8, 4) is 0 Å². The Balaban J connectivity index is 2.49. The third-order valence-electron chi connectivity index (χ3n) is 2.32. The van der Waals surface area contributed by atoms with Gasteiger partial charge in [0.05, 0.1) is 0 Å². The number of aryl methyl sites for hydroxylation is 2. The fourth-order valence-corrected chi connectivity index (χ4v) is 1.67. The molecule has 16 heavy (non-hydrogen) atoms. The molecule has 0 aliphatic rings. The van der Waals surface area contributed by atoms with E-state index in [-0.39, 0.29) is 12.5 Å². The predicted molar refractivity (Wildman–Crippen MR) is 65.5 cm³/mol. The number of anilines is 1. The molecule has 2 N–H and O–H groups in total. The van der Waals surface area contributed by atoms with Gasteiger partial charge in [-0.1, -0.05) is 6.07 Å². The van der Waals surface area contributed by atoms with E-state index in [2.05, 4.69) is 11.4 Å². The van der Waals surface area contributed by atoms with Crippen LogP contribution in [0.5, 0.6) is 0 Å². The van der Waals surface area contributed by atoms with E-state index in [1.54, 1.807) is 0 Å². The van der Waals surface area contributed by atoms with Crippen LogP contribution in [0.1, 0.15) is 30.4 Å². The maximum absolute atomic E-state index is 11.5. The quantitative estimate of drug-likeness (QED) is 0.750. The highest BCUT2D eigenvalue weighted by atomic mass is 16.2. The number of unbranched alkanes of at least 4 members (excludes halogenated alkanes) is 1. The van der Waals surface area contributed by atoms with Crippen LogP contribution in [0, 0.1) is 13.8 Å². The van der Waals surface area contributed by atoms with Crippen molar-refractivity contribution in [3.63, 3.8) is 0 Å². The molecular weight excluding hydrogens is 202 g/mol. The zero-order valence-electron chi connectivity index (χ0n) is 9.92. The molecule has 3 heteroatoms. The van der Waals surface area contributed by atoms with Gasteiger partial charge >= 0.3 is 0 Å². The van der Waals surface area contributed by atoms with Gasteiger partial charge in [-0.25, -0.2) is 0 Å². The van der Waals surface area contributed by atoms with Crippen molar-refractivity contribution in [3.05, 3.63) is 29.3 Å². The number of rotatable bonds is 5. The molecule has 0 aliphatic carbocycles. The highest BCUT2D eigenvalue weighted by Crippen LogP contribution is 2.14. The molecule has 3 nitrogen and oxygen atoms in total. The number of amides is 1. The van der Waals surface area contributed by atoms with E-state index >= 15 is 0 Å². The lowest BCUT2D eigenvalue weighted by Crippen LogP contribution is -2.11. The summed E-state index contributed by atoms with van der Waals surface area (Å²) in [6, 6.07) is 5.98. The Hall–Kier alpha value is -1.35. The number of hydrogen-bond acceptors (Lipinski definition) is 2. The van der Waals surface area contributed by atoms with Gasteiger partial charge in [0, 0.05) is 18.7 Å². The van der Waals surface area contributed by atoms with Crippen LogP contribution in [0.25, 0.3) is 0 Å². The average molecular weight is 221 g/mol. The number of aliphatic hydroxyl groups is 1. The van der Waals surface area contributed by atoms with Gasteiger partial charge in [0.2, 0.25) is 5.91 Å². The van der Waals surface area contributed by atoms with Crippen LogP contribution in [0.2, 0.25) is 0 Å². The van der Waals surface area contributed by atoms with Crippen LogP contribution >= 0.6 is 0 Å². The molecule has 0 aliphatic heterocycles. The molecule has 0 fully saturated rings. The Bertz CT molecular complexity index is 341. The maximum atomic E-state index is 11.5. The Morgan fingerprint density at radius 2 is 1.81 bits per heavy atom. The third kappa shape index (κ3) is 4.45. The summed E-state index contributed by atoms with van der Waals surface area (Å²) in [5.74, 6) is 0.0125. The van der Waals surface area contributed by atoms with E-state index in [4.69, 9.17) is 5.11 Å². The summed E-state index contributed by atoms with van der Waals surface area (Å²) in [6.45, 7) is 4.17. The van der Waals surface area contributed by atoms with Crippen molar-refractivity contribution in [2.24, 2.45) is 0 Å². The van der Waals surface area contributed by atoms with Crippen molar-refractivity contribution in [1.82, 2.24) is 0 Å². The summed E-state index contributed by atoms with van der Waals surface area (Å²) in [5, 5.41) is 11.5. The van der Waals surface area contributed by atoms with E-state index in [1.165, 1.54) is 0 Å². The smallest absolute Gasteiger partial charge is 0.224 e. The molecule has 0 radical (unpaired) electrons. The minimum absolute atomic E-state index is 0.0125. The summed E-state index contributed by atoms with van der Waals surface area (Å²) < 4.78 is 0. The number of hydrogen-bond donors (Lipinski definition) is 2. The summed E-state index contributed by atoms with van der Waals surface area (Å²) in [6.07, 6.45) is 1.88. The summed E-state index contributed by atoms with van der Waals surface area (Å²) >= 11 is 0. The second-order valence-corrected chi connectivity index (χ2v) is 4.11. The minimum atomic E-state index is 0.0125. The van der Waals surface area contributed by atoms with E-state index in [9.17, 15) is 4.79 Å². The standard InChI is InChI=1S/C13H19NO2/c1-10-7-11(2)9-12(8-10)14-13(16)5-3-4-6-15/h7-9,15H,3-6H2,1-2H3,(H,14,16). The summed E-state index contributed by atoms with van der Waals surface area (Å²) in [7, 11) is 0. The van der Waals surface area contributed by atoms with Gasteiger partial charge in [-0.2, -0.15) is 0 Å². The Morgan fingerprint density at radius 3 is 2.38 bits per heavy atom. The normalized spacial score (nSPS) is 10.2. The lowest BCUT2D eigenvalue weighted by atomic mass is 10.1. The number of benzene rings is 1. The SMILES string of the molecule is Cc1cc(C)cc(NC(=O)CCCCO)c1. The minimum Gasteiger partial charge on any atom is -0.396 e. The van der Waals surface area contributed by atoms with Crippen LogP contribution in [0.15, 0.2) is 18.2 Å². The van der Waals surface area contributed by atoms with Crippen LogP contribution in [-0.4, -0.2) is 17.6 Å². The Labute approximate surface area is 96.5 Å². The van der Waals surface area contributed by atoms with E-state index in [1.807, 2.05) is 26.0 Å². The van der Waals surface area contributed by atoms with Gasteiger partial charge < -0.3 is 10.4 Å². The molecule has 0 saturated carbocycles. The molecule has 0 spiro atoms. The average Bonchev–Trinajstić information content (AvgIpc) is 2.16. The molecule has 1 amide bonds. The summed E-state index contributed by atoms with van der Waals surface area (Å²) in [4.78, 5) is 11.5. The third-order valence-corrected chi connectivity index (χ3v) is 2.32. The van der Waals surface area contributed by atoms with Gasteiger partial charge in [0.25, 0.3) is 0 Å². The van der Waals surface area contributed by atoms with E-state index in [0.29, 0.717) is 12.8 Å². The maximum Gasteiger partial charge on any atom is 0.224 e. The fourth-order valence-electron chi connectivity index (χ4n) is 1.67. The number of carbonyl (C=O) groups is 1. The van der Waals surface area contributed by atoms with Gasteiger partial charge in [-0.15, -0.1) is 0 Å². The molecule has 0 bridgehead atoms. The highest BCUT2D eigenvalue weighted by Gasteiger charge is 2.02. The Morgan fingerprint density at radius 1 is 1.19 bits per heavy atom. The molecule has 0 saturated heterocycles. The van der Waals surface area contributed by atoms with Crippen LogP contribution in [0.4, 0.5) is 5.69 Å². The first-order chi connectivity index (χ1) is 7.61. The molecule has 0 atom stereocenters. The first-order valence-electron chi connectivity index (χ1n) is 5.61. The molecule has 1 aromatic rings. The number of carbonyl (C=O) groups excluding carboxylic acids is 1. The number of nitrogens with one attached hydrogen (secondary N) is 1. The Kier molecular flexibility index (Phi) is 4.99. The predicted octanol–water partition coefficient (Wildman–Crippen LogP) is 2.40. The second kappa shape index (κ2) is 6.28. The van der Waals surface area contributed by atoms with Crippen LogP contribution < -0.4 is 5.32 Å². The zero-order chi connectivity index (χ0) is 12.0. The van der Waals surface area contributed by atoms with Crippen LogP contribution in [-0.2, 0) is 4.79 Å². The van der Waals surface area contributed by atoms with Gasteiger partial charge in [0.1, 0.15) is 0 Å². The van der Waals surface area contributed by atoms with Gasteiger partial charge in [0.15, 0.2) is 0 Å². The highest BCUT2D eigenvalue weighted by molar-refractivity contribution is 5.90. The van der Waals surface area contributed by atoms with Crippen molar-refractivity contribution in [1.29, 1.82) is 0 Å². The lowest BCUT2D eigenvalue weighted by Gasteiger charge is -2.07. The summed E-state index contributed by atoms with van der Waals surface area (Å²) in [5.41, 5.74) is 3.14. The van der Waals surface area contributed by atoms with E-state index in [0.717, 1.165) is 23.2 Å². The topological polar surface area (TPSA) is 49.3 Å². The molecule has 0 heterocycles. The molecule has 1 rings (SSSR count).